The maximum Gasteiger partial charge on any atom is 0.233 e. The number of thioether (sulfide) groups is 1. The summed E-state index contributed by atoms with van der Waals surface area (Å²) in [7, 11) is 0. The van der Waals surface area contributed by atoms with Crippen LogP contribution in [-0.2, 0) is 17.8 Å². The molecule has 162 valence electrons. The fourth-order valence-corrected chi connectivity index (χ4v) is 5.09. The number of rotatable bonds is 7. The highest BCUT2D eigenvalue weighted by atomic mass is 35.5. The third-order valence-electron chi connectivity index (χ3n) is 5.76. The molecular formula is C25H28ClN3OS. The molecule has 1 aromatic heterocycles. The number of halogens is 1. The molecule has 6 heteroatoms. The molecule has 4 rings (SSSR count). The zero-order valence-electron chi connectivity index (χ0n) is 17.8. The second-order valence-electron chi connectivity index (χ2n) is 8.20. The van der Waals surface area contributed by atoms with Crippen molar-refractivity contribution in [3.8, 4) is 11.3 Å². The molecule has 1 saturated heterocycles. The molecule has 1 atom stereocenters. The van der Waals surface area contributed by atoms with Crippen LogP contribution in [0.3, 0.4) is 0 Å². The average Bonchev–Trinajstić information content (AvgIpc) is 3.20. The molecule has 0 bridgehead atoms. The van der Waals surface area contributed by atoms with Crippen LogP contribution in [-0.4, -0.2) is 39.2 Å². The van der Waals surface area contributed by atoms with Gasteiger partial charge in [0.25, 0.3) is 0 Å². The summed E-state index contributed by atoms with van der Waals surface area (Å²) in [6.45, 7) is 4.78. The Balaban J connectivity index is 1.51. The van der Waals surface area contributed by atoms with Crippen molar-refractivity contribution in [2.75, 3.05) is 18.8 Å². The molecule has 0 N–H and O–H groups in total. The molecule has 0 radical (unpaired) electrons. The Labute approximate surface area is 193 Å². The predicted molar refractivity (Wildman–Crippen MR) is 129 cm³/mol. The number of piperidine rings is 1. The number of amides is 1. The van der Waals surface area contributed by atoms with Gasteiger partial charge in [-0.2, -0.15) is 0 Å². The van der Waals surface area contributed by atoms with Crippen LogP contribution >= 0.6 is 23.4 Å². The Morgan fingerprint density at radius 2 is 1.94 bits per heavy atom. The van der Waals surface area contributed by atoms with E-state index in [-0.39, 0.29) is 5.91 Å². The Bertz CT molecular complexity index is 1000. The highest BCUT2D eigenvalue weighted by Gasteiger charge is 2.22. The maximum absolute atomic E-state index is 12.8. The minimum Gasteiger partial charge on any atom is -0.342 e. The molecule has 0 saturated carbocycles. The van der Waals surface area contributed by atoms with Crippen molar-refractivity contribution in [2.24, 2.45) is 5.92 Å². The van der Waals surface area contributed by atoms with Gasteiger partial charge in [-0.05, 0) is 48.4 Å². The van der Waals surface area contributed by atoms with Crippen LogP contribution in [0.2, 0.25) is 5.02 Å². The van der Waals surface area contributed by atoms with E-state index in [4.69, 9.17) is 11.6 Å². The summed E-state index contributed by atoms with van der Waals surface area (Å²) in [4.78, 5) is 19.5. The Kier molecular flexibility index (Phi) is 7.36. The number of likely N-dealkylation sites (tertiary alicyclic amines) is 1. The summed E-state index contributed by atoms with van der Waals surface area (Å²) in [5.41, 5.74) is 3.41. The maximum atomic E-state index is 12.8. The van der Waals surface area contributed by atoms with Crippen molar-refractivity contribution in [2.45, 2.75) is 37.9 Å². The Morgan fingerprint density at radius 3 is 2.68 bits per heavy atom. The first-order valence-electron chi connectivity index (χ1n) is 10.9. The number of aryl methyl sites for hydroxylation is 1. The summed E-state index contributed by atoms with van der Waals surface area (Å²) < 4.78 is 2.23. The SMILES string of the molecule is C[C@H]1CCCN(C(=O)CSc2ncc(-c3ccc(Cl)cc3)n2CCc2ccccc2)C1. The Hall–Kier alpha value is -2.24. The quantitative estimate of drug-likeness (QED) is 0.424. The van der Waals surface area contributed by atoms with Crippen LogP contribution < -0.4 is 0 Å². The Morgan fingerprint density at radius 1 is 1.16 bits per heavy atom. The molecule has 0 spiro atoms. The zero-order chi connectivity index (χ0) is 21.6. The molecule has 1 aliphatic heterocycles. The van der Waals surface area contributed by atoms with Gasteiger partial charge in [-0.3, -0.25) is 4.79 Å². The molecule has 0 unspecified atom stereocenters. The topological polar surface area (TPSA) is 38.1 Å². The molecular weight excluding hydrogens is 426 g/mol. The van der Waals surface area contributed by atoms with Crippen LogP contribution in [0, 0.1) is 5.92 Å². The lowest BCUT2D eigenvalue weighted by Gasteiger charge is -2.30. The van der Waals surface area contributed by atoms with Gasteiger partial charge >= 0.3 is 0 Å². The van der Waals surface area contributed by atoms with Crippen LogP contribution in [0.25, 0.3) is 11.3 Å². The van der Waals surface area contributed by atoms with Crippen molar-refractivity contribution in [1.82, 2.24) is 14.5 Å². The van der Waals surface area contributed by atoms with Crippen LogP contribution in [0.15, 0.2) is 66.0 Å². The number of carbonyl (C=O) groups is 1. The number of hydrogen-bond acceptors (Lipinski definition) is 3. The predicted octanol–water partition coefficient (Wildman–Crippen LogP) is 5.80. The van der Waals surface area contributed by atoms with E-state index in [1.54, 1.807) is 0 Å². The molecule has 4 nitrogen and oxygen atoms in total. The van der Waals surface area contributed by atoms with Crippen LogP contribution in [0.5, 0.6) is 0 Å². The zero-order valence-corrected chi connectivity index (χ0v) is 19.4. The van der Waals surface area contributed by atoms with E-state index in [1.165, 1.54) is 23.7 Å². The number of carbonyl (C=O) groups excluding carboxylic acids is 1. The lowest BCUT2D eigenvalue weighted by Crippen LogP contribution is -2.40. The number of hydrogen-bond donors (Lipinski definition) is 0. The standard InChI is InChI=1S/C25H28ClN3OS/c1-19-6-5-14-28(17-19)24(30)18-31-25-27-16-23(21-9-11-22(26)12-10-21)29(25)15-13-20-7-3-2-4-8-20/h2-4,7-12,16,19H,5-6,13-15,17-18H2,1H3/t19-/m0/s1. The summed E-state index contributed by atoms with van der Waals surface area (Å²) in [6.07, 6.45) is 5.13. The van der Waals surface area contributed by atoms with E-state index >= 15 is 0 Å². The van der Waals surface area contributed by atoms with Crippen molar-refractivity contribution in [3.05, 3.63) is 71.4 Å². The number of nitrogens with zero attached hydrogens (tertiary/aromatic N) is 3. The third-order valence-corrected chi connectivity index (χ3v) is 6.99. The molecule has 3 aromatic rings. The van der Waals surface area contributed by atoms with Crippen LogP contribution in [0.1, 0.15) is 25.3 Å². The lowest BCUT2D eigenvalue weighted by molar-refractivity contribution is -0.130. The van der Waals surface area contributed by atoms with Gasteiger partial charge in [0.05, 0.1) is 17.6 Å². The van der Waals surface area contributed by atoms with E-state index in [0.717, 1.165) is 53.9 Å². The summed E-state index contributed by atoms with van der Waals surface area (Å²) in [5, 5.41) is 1.61. The highest BCUT2D eigenvalue weighted by Crippen LogP contribution is 2.28. The molecule has 2 aromatic carbocycles. The van der Waals surface area contributed by atoms with E-state index in [1.807, 2.05) is 41.4 Å². The third kappa shape index (κ3) is 5.72. The normalized spacial score (nSPS) is 16.5. The van der Waals surface area contributed by atoms with E-state index in [2.05, 4.69) is 40.7 Å². The molecule has 1 fully saturated rings. The van der Waals surface area contributed by atoms with Gasteiger partial charge in [0.1, 0.15) is 0 Å². The molecule has 1 amide bonds. The van der Waals surface area contributed by atoms with Crippen molar-refractivity contribution in [1.29, 1.82) is 0 Å². The van der Waals surface area contributed by atoms with Gasteiger partial charge in [0.2, 0.25) is 5.91 Å². The minimum absolute atomic E-state index is 0.210. The monoisotopic (exact) mass is 453 g/mol. The summed E-state index contributed by atoms with van der Waals surface area (Å²) in [5.74, 6) is 1.23. The molecule has 31 heavy (non-hydrogen) atoms. The lowest BCUT2D eigenvalue weighted by atomic mass is 10.0. The molecule has 2 heterocycles. The van der Waals surface area contributed by atoms with Crippen molar-refractivity contribution in [3.63, 3.8) is 0 Å². The summed E-state index contributed by atoms with van der Waals surface area (Å²) in [6, 6.07) is 18.3. The minimum atomic E-state index is 0.210. The van der Waals surface area contributed by atoms with Gasteiger partial charge < -0.3 is 9.47 Å². The van der Waals surface area contributed by atoms with E-state index in [9.17, 15) is 4.79 Å². The first kappa shape index (κ1) is 22.0. The first-order chi connectivity index (χ1) is 15.1. The smallest absolute Gasteiger partial charge is 0.233 e. The van der Waals surface area contributed by atoms with Crippen molar-refractivity contribution >= 4 is 29.3 Å². The fraction of sp³-hybridized carbons (Fsp3) is 0.360. The molecule has 1 aliphatic rings. The number of aromatic nitrogens is 2. The second kappa shape index (κ2) is 10.4. The van der Waals surface area contributed by atoms with Crippen molar-refractivity contribution < 1.29 is 4.79 Å². The number of benzene rings is 2. The molecule has 0 aliphatic carbocycles. The largest absolute Gasteiger partial charge is 0.342 e. The van der Waals surface area contributed by atoms with Crippen LogP contribution in [0.4, 0.5) is 0 Å². The van der Waals surface area contributed by atoms with Gasteiger partial charge in [0.15, 0.2) is 5.16 Å². The fourth-order valence-electron chi connectivity index (χ4n) is 4.06. The van der Waals surface area contributed by atoms with Gasteiger partial charge in [0, 0.05) is 24.7 Å². The van der Waals surface area contributed by atoms with Gasteiger partial charge in [-0.1, -0.05) is 72.8 Å². The summed E-state index contributed by atoms with van der Waals surface area (Å²) >= 11 is 7.62. The highest BCUT2D eigenvalue weighted by molar-refractivity contribution is 7.99. The van der Waals surface area contributed by atoms with Gasteiger partial charge in [-0.15, -0.1) is 0 Å². The first-order valence-corrected chi connectivity index (χ1v) is 12.2. The number of imidazole rings is 1. The van der Waals surface area contributed by atoms with E-state index in [0.29, 0.717) is 11.7 Å². The van der Waals surface area contributed by atoms with Gasteiger partial charge in [-0.25, -0.2) is 4.98 Å². The second-order valence-corrected chi connectivity index (χ2v) is 9.57. The van der Waals surface area contributed by atoms with E-state index < -0.39 is 0 Å². The average molecular weight is 454 g/mol.